The highest BCUT2D eigenvalue weighted by atomic mass is 16.2. The number of carbonyl (C=O) groups is 2. The molecule has 106 valence electrons. The van der Waals surface area contributed by atoms with E-state index in [1.807, 2.05) is 12.1 Å². The molecule has 0 spiro atoms. The van der Waals surface area contributed by atoms with Crippen molar-refractivity contribution < 1.29 is 9.59 Å². The van der Waals surface area contributed by atoms with Crippen molar-refractivity contribution in [2.24, 2.45) is 0 Å². The molecule has 0 saturated heterocycles. The molecule has 0 heterocycles. The Morgan fingerprint density at radius 3 is 2.25 bits per heavy atom. The molecule has 0 atom stereocenters. The molecule has 0 fully saturated rings. The maximum atomic E-state index is 11.9. The first-order chi connectivity index (χ1) is 9.34. The van der Waals surface area contributed by atoms with Crippen LogP contribution in [0.25, 0.3) is 0 Å². The van der Waals surface area contributed by atoms with Crippen LogP contribution in [-0.4, -0.2) is 24.9 Å². The lowest BCUT2D eigenvalue weighted by atomic mass is 9.87. The van der Waals surface area contributed by atoms with Crippen molar-refractivity contribution in [3.63, 3.8) is 0 Å². The Morgan fingerprint density at radius 2 is 1.75 bits per heavy atom. The molecule has 4 nitrogen and oxygen atoms in total. The highest BCUT2D eigenvalue weighted by Crippen LogP contribution is 2.22. The summed E-state index contributed by atoms with van der Waals surface area (Å²) in [5.41, 5.74) is 1.73. The van der Waals surface area contributed by atoms with Crippen LogP contribution in [0.1, 0.15) is 36.7 Å². The van der Waals surface area contributed by atoms with E-state index in [4.69, 9.17) is 6.42 Å². The van der Waals surface area contributed by atoms with Gasteiger partial charge < -0.3 is 10.6 Å². The van der Waals surface area contributed by atoms with Crippen LogP contribution in [0, 0.1) is 12.3 Å². The van der Waals surface area contributed by atoms with Gasteiger partial charge in [-0.15, -0.1) is 6.42 Å². The molecule has 1 rings (SSSR count). The predicted octanol–water partition coefficient (Wildman–Crippen LogP) is 1.46. The van der Waals surface area contributed by atoms with E-state index in [0.717, 1.165) is 5.56 Å². The number of amides is 2. The van der Waals surface area contributed by atoms with Gasteiger partial charge in [0.1, 0.15) is 0 Å². The van der Waals surface area contributed by atoms with Crippen LogP contribution in [0.15, 0.2) is 24.3 Å². The molecule has 0 radical (unpaired) electrons. The van der Waals surface area contributed by atoms with Gasteiger partial charge in [0, 0.05) is 5.56 Å². The first-order valence-electron chi connectivity index (χ1n) is 6.43. The lowest BCUT2D eigenvalue weighted by Gasteiger charge is -2.19. The second kappa shape index (κ2) is 6.76. The molecule has 0 aliphatic heterocycles. The molecule has 1 aromatic rings. The molecule has 0 bridgehead atoms. The van der Waals surface area contributed by atoms with E-state index >= 15 is 0 Å². The van der Waals surface area contributed by atoms with Crippen molar-refractivity contribution in [1.29, 1.82) is 0 Å². The van der Waals surface area contributed by atoms with Crippen LogP contribution < -0.4 is 10.6 Å². The van der Waals surface area contributed by atoms with Gasteiger partial charge in [-0.1, -0.05) is 38.8 Å². The first-order valence-corrected chi connectivity index (χ1v) is 6.43. The van der Waals surface area contributed by atoms with E-state index < -0.39 is 0 Å². The van der Waals surface area contributed by atoms with E-state index in [1.165, 1.54) is 0 Å². The molecule has 0 saturated carbocycles. The molecule has 0 aliphatic rings. The first kappa shape index (κ1) is 15.8. The van der Waals surface area contributed by atoms with Crippen molar-refractivity contribution in [2.45, 2.75) is 26.2 Å². The predicted molar refractivity (Wildman–Crippen MR) is 79.3 cm³/mol. The summed E-state index contributed by atoms with van der Waals surface area (Å²) in [4.78, 5) is 23.2. The van der Waals surface area contributed by atoms with Gasteiger partial charge in [-0.3, -0.25) is 9.59 Å². The largest absolute Gasteiger partial charge is 0.344 e. The Hall–Kier alpha value is -2.28. The summed E-state index contributed by atoms with van der Waals surface area (Å²) < 4.78 is 0. The quantitative estimate of drug-likeness (QED) is 0.815. The normalized spacial score (nSPS) is 10.5. The fourth-order valence-electron chi connectivity index (χ4n) is 1.60. The van der Waals surface area contributed by atoms with Gasteiger partial charge in [-0.2, -0.15) is 0 Å². The van der Waals surface area contributed by atoms with Gasteiger partial charge in [-0.25, -0.2) is 0 Å². The van der Waals surface area contributed by atoms with Crippen LogP contribution >= 0.6 is 0 Å². The Morgan fingerprint density at radius 1 is 1.15 bits per heavy atom. The number of rotatable bonds is 4. The van der Waals surface area contributed by atoms with Crippen LogP contribution in [0.4, 0.5) is 0 Å². The summed E-state index contributed by atoms with van der Waals surface area (Å²) in [6.45, 7) is 6.41. The molecule has 0 unspecified atom stereocenters. The van der Waals surface area contributed by atoms with Crippen LogP contribution in [0.5, 0.6) is 0 Å². The lowest BCUT2D eigenvalue weighted by Crippen LogP contribution is -2.37. The zero-order chi connectivity index (χ0) is 15.2. The Labute approximate surface area is 120 Å². The molecule has 0 aromatic heterocycles. The molecular formula is C16H20N2O2. The minimum Gasteiger partial charge on any atom is -0.344 e. The number of nitrogens with one attached hydrogen (secondary N) is 2. The van der Waals surface area contributed by atoms with Gasteiger partial charge in [0.2, 0.25) is 5.91 Å². The Bertz CT molecular complexity index is 519. The van der Waals surface area contributed by atoms with E-state index in [0.29, 0.717) is 5.56 Å². The third kappa shape index (κ3) is 4.77. The van der Waals surface area contributed by atoms with Gasteiger partial charge in [0.15, 0.2) is 0 Å². The van der Waals surface area contributed by atoms with Gasteiger partial charge in [0.05, 0.1) is 13.1 Å². The Balaban J connectivity index is 2.57. The third-order valence-corrected chi connectivity index (χ3v) is 2.81. The van der Waals surface area contributed by atoms with Crippen molar-refractivity contribution in [3.05, 3.63) is 35.4 Å². The summed E-state index contributed by atoms with van der Waals surface area (Å²) in [7, 11) is 0. The number of terminal acetylenes is 1. The molecule has 1 aromatic carbocycles. The summed E-state index contributed by atoms with van der Waals surface area (Å²) in [6.07, 6.45) is 5.02. The Kier molecular flexibility index (Phi) is 5.33. The number of hydrogen-bond acceptors (Lipinski definition) is 2. The zero-order valence-electron chi connectivity index (χ0n) is 12.1. The summed E-state index contributed by atoms with van der Waals surface area (Å²) in [6, 6.07) is 7.37. The molecule has 2 amide bonds. The van der Waals surface area contributed by atoms with E-state index in [1.54, 1.807) is 12.1 Å². The molecular weight excluding hydrogens is 252 g/mol. The van der Waals surface area contributed by atoms with E-state index in [9.17, 15) is 9.59 Å². The minimum atomic E-state index is -0.303. The van der Waals surface area contributed by atoms with Gasteiger partial charge >= 0.3 is 0 Å². The second-order valence-electron chi connectivity index (χ2n) is 5.49. The maximum Gasteiger partial charge on any atom is 0.251 e. The van der Waals surface area contributed by atoms with Gasteiger partial charge in [-0.05, 0) is 23.1 Å². The van der Waals surface area contributed by atoms with Crippen molar-refractivity contribution in [1.82, 2.24) is 10.6 Å². The minimum absolute atomic E-state index is 0.0457. The van der Waals surface area contributed by atoms with Crippen LogP contribution in [-0.2, 0) is 10.2 Å². The second-order valence-corrected chi connectivity index (χ2v) is 5.49. The SMILES string of the molecule is C#CCNC(=O)CNC(=O)c1ccc(C(C)(C)C)cc1. The highest BCUT2D eigenvalue weighted by molar-refractivity contribution is 5.96. The van der Waals surface area contributed by atoms with Crippen molar-refractivity contribution in [2.75, 3.05) is 13.1 Å². The molecule has 20 heavy (non-hydrogen) atoms. The average molecular weight is 272 g/mol. The molecule has 2 N–H and O–H groups in total. The van der Waals surface area contributed by atoms with Gasteiger partial charge in [0.25, 0.3) is 5.91 Å². The number of hydrogen-bond donors (Lipinski definition) is 2. The topological polar surface area (TPSA) is 58.2 Å². The molecule has 4 heteroatoms. The summed E-state index contributed by atoms with van der Waals surface area (Å²) in [5.74, 6) is 1.71. The van der Waals surface area contributed by atoms with E-state index in [-0.39, 0.29) is 30.3 Å². The summed E-state index contributed by atoms with van der Waals surface area (Å²) in [5, 5.41) is 5.02. The monoisotopic (exact) mass is 272 g/mol. The van der Waals surface area contributed by atoms with E-state index in [2.05, 4.69) is 37.3 Å². The standard InChI is InChI=1S/C16H20N2O2/c1-5-10-17-14(19)11-18-15(20)12-6-8-13(9-7-12)16(2,3)4/h1,6-9H,10-11H2,2-4H3,(H,17,19)(H,18,20). The maximum absolute atomic E-state index is 11.9. The van der Waals surface area contributed by atoms with Crippen LogP contribution in [0.2, 0.25) is 0 Å². The fourth-order valence-corrected chi connectivity index (χ4v) is 1.60. The molecule has 0 aliphatic carbocycles. The summed E-state index contributed by atoms with van der Waals surface area (Å²) >= 11 is 0. The number of carbonyl (C=O) groups excluding carboxylic acids is 2. The number of benzene rings is 1. The van der Waals surface area contributed by atoms with Crippen molar-refractivity contribution >= 4 is 11.8 Å². The fraction of sp³-hybridized carbons (Fsp3) is 0.375. The van der Waals surface area contributed by atoms with Crippen LogP contribution in [0.3, 0.4) is 0 Å². The highest BCUT2D eigenvalue weighted by Gasteiger charge is 2.14. The van der Waals surface area contributed by atoms with Crippen molar-refractivity contribution in [3.8, 4) is 12.3 Å². The lowest BCUT2D eigenvalue weighted by molar-refractivity contribution is -0.119. The smallest absolute Gasteiger partial charge is 0.251 e. The average Bonchev–Trinajstić information content (AvgIpc) is 2.41. The zero-order valence-corrected chi connectivity index (χ0v) is 12.1. The third-order valence-electron chi connectivity index (χ3n) is 2.81.